The Morgan fingerprint density at radius 1 is 1.26 bits per heavy atom. The number of fused-ring (bicyclic) bond motifs is 1. The largest absolute Gasteiger partial charge is 0.473 e. The first kappa shape index (κ1) is 15.6. The van der Waals surface area contributed by atoms with E-state index in [1.165, 1.54) is 0 Å². The lowest BCUT2D eigenvalue weighted by molar-refractivity contribution is -0.126. The number of hydrogen-bond acceptors (Lipinski definition) is 4. The Kier molecular flexibility index (Phi) is 4.39. The molecular weight excluding hydrogens is 294 g/mol. The molecule has 0 spiro atoms. The fraction of sp³-hybridized carbons (Fsp3) is 0.389. The zero-order chi connectivity index (χ0) is 16.4. The predicted octanol–water partition coefficient (Wildman–Crippen LogP) is 3.40. The number of aryl methyl sites for hydroxylation is 2. The number of anilines is 1. The van der Waals surface area contributed by atoms with Crippen molar-refractivity contribution in [2.75, 3.05) is 25.2 Å². The Morgan fingerprint density at radius 3 is 2.78 bits per heavy atom. The standard InChI is InChI=1S/C18H21NO4/c1-12-5-6-16-15(9-12)19(7-4-8-21-3)18(20)17(23-16)14-11-22-10-13(14)2/h5-6,9-11,17H,4,7-8H2,1-3H3. The maximum Gasteiger partial charge on any atom is 0.273 e. The maximum absolute atomic E-state index is 13.0. The van der Waals surface area contributed by atoms with Gasteiger partial charge in [0.2, 0.25) is 6.10 Å². The van der Waals surface area contributed by atoms with Crippen molar-refractivity contribution in [3.63, 3.8) is 0 Å². The molecule has 0 fully saturated rings. The molecule has 122 valence electrons. The second-order valence-electron chi connectivity index (χ2n) is 5.82. The summed E-state index contributed by atoms with van der Waals surface area (Å²) in [6.07, 6.45) is 3.33. The normalized spacial score (nSPS) is 17.1. The van der Waals surface area contributed by atoms with Crippen LogP contribution in [0.1, 0.15) is 29.2 Å². The van der Waals surface area contributed by atoms with Crippen LogP contribution in [0, 0.1) is 13.8 Å². The molecule has 0 bridgehead atoms. The van der Waals surface area contributed by atoms with E-state index >= 15 is 0 Å². The van der Waals surface area contributed by atoms with Crippen LogP contribution in [0.15, 0.2) is 35.1 Å². The molecule has 23 heavy (non-hydrogen) atoms. The van der Waals surface area contributed by atoms with Gasteiger partial charge in [0.25, 0.3) is 5.91 Å². The average molecular weight is 315 g/mol. The zero-order valence-corrected chi connectivity index (χ0v) is 13.7. The number of rotatable bonds is 5. The van der Waals surface area contributed by atoms with E-state index in [1.54, 1.807) is 24.5 Å². The fourth-order valence-corrected chi connectivity index (χ4v) is 2.81. The average Bonchev–Trinajstić information content (AvgIpc) is 2.95. The number of nitrogens with zero attached hydrogens (tertiary/aromatic N) is 1. The van der Waals surface area contributed by atoms with Crippen molar-refractivity contribution in [3.8, 4) is 5.75 Å². The number of carbonyl (C=O) groups is 1. The van der Waals surface area contributed by atoms with Crippen molar-refractivity contribution in [2.45, 2.75) is 26.4 Å². The second-order valence-corrected chi connectivity index (χ2v) is 5.82. The molecule has 5 heteroatoms. The van der Waals surface area contributed by atoms with Crippen molar-refractivity contribution < 1.29 is 18.7 Å². The van der Waals surface area contributed by atoms with Crippen LogP contribution in [-0.2, 0) is 9.53 Å². The Labute approximate surface area is 135 Å². The summed E-state index contributed by atoms with van der Waals surface area (Å²) in [5.74, 6) is 0.655. The number of carbonyl (C=O) groups excluding carboxylic acids is 1. The third-order valence-corrected chi connectivity index (χ3v) is 4.05. The summed E-state index contributed by atoms with van der Waals surface area (Å²) < 4.78 is 16.3. The molecule has 1 atom stereocenters. The van der Waals surface area contributed by atoms with Gasteiger partial charge in [-0.1, -0.05) is 6.07 Å². The first-order valence-corrected chi connectivity index (χ1v) is 7.72. The van der Waals surface area contributed by atoms with Gasteiger partial charge in [-0.25, -0.2) is 0 Å². The minimum Gasteiger partial charge on any atom is -0.473 e. The van der Waals surface area contributed by atoms with E-state index in [0.717, 1.165) is 34.5 Å². The van der Waals surface area contributed by atoms with Gasteiger partial charge in [0.05, 0.1) is 18.2 Å². The van der Waals surface area contributed by atoms with E-state index in [-0.39, 0.29) is 5.91 Å². The molecule has 1 aliphatic rings. The number of hydrogen-bond donors (Lipinski definition) is 0. The highest BCUT2D eigenvalue weighted by molar-refractivity contribution is 6.00. The predicted molar refractivity (Wildman–Crippen MR) is 86.8 cm³/mol. The highest BCUT2D eigenvalue weighted by Gasteiger charge is 2.36. The molecule has 1 unspecified atom stereocenters. The van der Waals surface area contributed by atoms with Crippen molar-refractivity contribution in [1.82, 2.24) is 0 Å². The van der Waals surface area contributed by atoms with Gasteiger partial charge in [-0.2, -0.15) is 0 Å². The quantitative estimate of drug-likeness (QED) is 0.794. The minimum absolute atomic E-state index is 0.0660. The van der Waals surface area contributed by atoms with E-state index in [0.29, 0.717) is 13.2 Å². The van der Waals surface area contributed by atoms with Gasteiger partial charge in [0, 0.05) is 25.8 Å². The molecule has 2 aromatic rings. The van der Waals surface area contributed by atoms with E-state index in [1.807, 2.05) is 32.0 Å². The Bertz CT molecular complexity index is 707. The molecule has 0 saturated heterocycles. The van der Waals surface area contributed by atoms with E-state index < -0.39 is 6.10 Å². The molecule has 3 rings (SSSR count). The molecular formula is C18H21NO4. The Morgan fingerprint density at radius 2 is 2.09 bits per heavy atom. The lowest BCUT2D eigenvalue weighted by atomic mass is 10.0. The van der Waals surface area contributed by atoms with E-state index in [4.69, 9.17) is 13.9 Å². The van der Waals surface area contributed by atoms with Crippen LogP contribution < -0.4 is 9.64 Å². The smallest absolute Gasteiger partial charge is 0.273 e. The molecule has 5 nitrogen and oxygen atoms in total. The SMILES string of the molecule is COCCCN1C(=O)C(c2cocc2C)Oc2ccc(C)cc21. The van der Waals surface area contributed by atoms with Crippen LogP contribution in [0.5, 0.6) is 5.75 Å². The van der Waals surface area contributed by atoms with Crippen LogP contribution in [0.3, 0.4) is 0 Å². The highest BCUT2D eigenvalue weighted by Crippen LogP contribution is 2.40. The summed E-state index contributed by atoms with van der Waals surface area (Å²) >= 11 is 0. The van der Waals surface area contributed by atoms with Gasteiger partial charge in [-0.3, -0.25) is 4.79 Å². The molecule has 0 radical (unpaired) electrons. The lowest BCUT2D eigenvalue weighted by Gasteiger charge is -2.34. The summed E-state index contributed by atoms with van der Waals surface area (Å²) in [6.45, 7) is 5.13. The molecule has 0 aliphatic carbocycles. The third-order valence-electron chi connectivity index (χ3n) is 4.05. The van der Waals surface area contributed by atoms with Gasteiger partial charge in [0.15, 0.2) is 0 Å². The number of ether oxygens (including phenoxy) is 2. The topological polar surface area (TPSA) is 51.9 Å². The highest BCUT2D eigenvalue weighted by atomic mass is 16.5. The van der Waals surface area contributed by atoms with Crippen molar-refractivity contribution in [1.29, 1.82) is 0 Å². The Hall–Kier alpha value is -2.27. The number of benzene rings is 1. The van der Waals surface area contributed by atoms with Crippen LogP contribution >= 0.6 is 0 Å². The summed E-state index contributed by atoms with van der Waals surface area (Å²) in [5.41, 5.74) is 3.60. The number of amides is 1. The fourth-order valence-electron chi connectivity index (χ4n) is 2.81. The van der Waals surface area contributed by atoms with Gasteiger partial charge in [-0.05, 0) is 43.5 Å². The van der Waals surface area contributed by atoms with E-state index in [9.17, 15) is 4.79 Å². The summed E-state index contributed by atoms with van der Waals surface area (Å²) in [7, 11) is 1.66. The molecule has 1 aromatic carbocycles. The summed E-state index contributed by atoms with van der Waals surface area (Å²) in [4.78, 5) is 14.8. The molecule has 2 heterocycles. The first-order valence-electron chi connectivity index (χ1n) is 7.72. The van der Waals surface area contributed by atoms with Crippen LogP contribution in [0.2, 0.25) is 0 Å². The van der Waals surface area contributed by atoms with Gasteiger partial charge < -0.3 is 18.8 Å². The Balaban J connectivity index is 1.97. The van der Waals surface area contributed by atoms with Gasteiger partial charge in [-0.15, -0.1) is 0 Å². The van der Waals surface area contributed by atoms with Crippen LogP contribution in [-0.4, -0.2) is 26.2 Å². The molecule has 1 aromatic heterocycles. The van der Waals surface area contributed by atoms with Crippen molar-refractivity contribution >= 4 is 11.6 Å². The zero-order valence-electron chi connectivity index (χ0n) is 13.7. The number of furan rings is 1. The molecule has 1 amide bonds. The monoisotopic (exact) mass is 315 g/mol. The van der Waals surface area contributed by atoms with Crippen molar-refractivity contribution in [2.24, 2.45) is 0 Å². The molecule has 0 saturated carbocycles. The van der Waals surface area contributed by atoms with E-state index in [2.05, 4.69) is 0 Å². The number of methoxy groups -OCH3 is 1. The minimum atomic E-state index is -0.661. The van der Waals surface area contributed by atoms with Gasteiger partial charge in [0.1, 0.15) is 5.75 Å². The lowest BCUT2D eigenvalue weighted by Crippen LogP contribution is -2.42. The van der Waals surface area contributed by atoms with Gasteiger partial charge >= 0.3 is 0 Å². The first-order chi connectivity index (χ1) is 11.1. The molecule has 1 aliphatic heterocycles. The maximum atomic E-state index is 13.0. The molecule has 0 N–H and O–H groups in total. The summed E-state index contributed by atoms with van der Waals surface area (Å²) in [6, 6.07) is 5.89. The van der Waals surface area contributed by atoms with Crippen molar-refractivity contribution in [3.05, 3.63) is 47.4 Å². The third kappa shape index (κ3) is 2.97. The second kappa shape index (κ2) is 6.46. The van der Waals surface area contributed by atoms with Crippen LogP contribution in [0.25, 0.3) is 0 Å². The van der Waals surface area contributed by atoms with Crippen LogP contribution in [0.4, 0.5) is 5.69 Å². The summed E-state index contributed by atoms with van der Waals surface area (Å²) in [5, 5.41) is 0.